The molecule has 27 heavy (non-hydrogen) atoms. The molecular formula is C26H36S. The van der Waals surface area contributed by atoms with Crippen LogP contribution >= 0.6 is 11.3 Å². The molecule has 1 heteroatoms. The molecule has 1 fully saturated rings. The zero-order valence-corrected chi connectivity index (χ0v) is 18.1. The summed E-state index contributed by atoms with van der Waals surface area (Å²) in [5.41, 5.74) is 2.87. The number of hydrogen-bond donors (Lipinski definition) is 0. The van der Waals surface area contributed by atoms with Gasteiger partial charge in [0.25, 0.3) is 0 Å². The van der Waals surface area contributed by atoms with E-state index in [0.29, 0.717) is 0 Å². The van der Waals surface area contributed by atoms with E-state index in [2.05, 4.69) is 62.4 Å². The van der Waals surface area contributed by atoms with Gasteiger partial charge in [-0.05, 0) is 79.7 Å². The average Bonchev–Trinajstić information content (AvgIpc) is 3.16. The highest BCUT2D eigenvalue weighted by molar-refractivity contribution is 7.12. The lowest BCUT2D eigenvalue weighted by Crippen LogP contribution is -2.13. The number of thiophene rings is 1. The van der Waals surface area contributed by atoms with Gasteiger partial charge in [0.2, 0.25) is 0 Å². The van der Waals surface area contributed by atoms with E-state index in [0.717, 1.165) is 11.8 Å². The molecule has 0 nitrogen and oxygen atoms in total. The maximum Gasteiger partial charge on any atom is 0.0273 e. The van der Waals surface area contributed by atoms with Crippen LogP contribution in [-0.4, -0.2) is 0 Å². The summed E-state index contributed by atoms with van der Waals surface area (Å²) in [6, 6.07) is 13.9. The molecule has 146 valence electrons. The van der Waals surface area contributed by atoms with Gasteiger partial charge in [-0.3, -0.25) is 0 Å². The van der Waals surface area contributed by atoms with Crippen molar-refractivity contribution in [3.8, 4) is 0 Å². The van der Waals surface area contributed by atoms with Crippen molar-refractivity contribution in [3.05, 3.63) is 57.3 Å². The second-order valence-corrected chi connectivity index (χ2v) is 9.47. The summed E-state index contributed by atoms with van der Waals surface area (Å²) in [6.07, 6.45) is 18.2. The highest BCUT2D eigenvalue weighted by atomic mass is 32.1. The van der Waals surface area contributed by atoms with Crippen LogP contribution in [0.5, 0.6) is 0 Å². The van der Waals surface area contributed by atoms with Crippen molar-refractivity contribution in [2.45, 2.75) is 84.0 Å². The fourth-order valence-corrected chi connectivity index (χ4v) is 5.38. The van der Waals surface area contributed by atoms with Crippen LogP contribution in [0, 0.1) is 5.92 Å². The number of aryl methyl sites for hydroxylation is 1. The number of hydrogen-bond acceptors (Lipinski definition) is 1. The minimum Gasteiger partial charge on any atom is -0.141 e. The fourth-order valence-electron chi connectivity index (χ4n) is 4.42. The van der Waals surface area contributed by atoms with Crippen molar-refractivity contribution in [1.29, 1.82) is 0 Å². The Hall–Kier alpha value is -1.34. The lowest BCUT2D eigenvalue weighted by Gasteiger charge is -2.28. The highest BCUT2D eigenvalue weighted by Crippen LogP contribution is 2.37. The third-order valence-corrected chi connectivity index (χ3v) is 7.21. The summed E-state index contributed by atoms with van der Waals surface area (Å²) in [5.74, 6) is 1.78. The Kier molecular flexibility index (Phi) is 8.20. The number of benzene rings is 1. The van der Waals surface area contributed by atoms with E-state index in [1.807, 2.05) is 11.3 Å². The van der Waals surface area contributed by atoms with E-state index in [1.54, 1.807) is 5.56 Å². The predicted octanol–water partition coefficient (Wildman–Crippen LogP) is 8.73. The Morgan fingerprint density at radius 1 is 0.852 bits per heavy atom. The van der Waals surface area contributed by atoms with Crippen LogP contribution in [0.3, 0.4) is 0 Å². The van der Waals surface area contributed by atoms with Crippen LogP contribution in [0.15, 0.2) is 36.4 Å². The normalized spacial score (nSPS) is 20.4. The molecule has 1 aliphatic carbocycles. The van der Waals surface area contributed by atoms with Crippen LogP contribution in [0.4, 0.5) is 0 Å². The van der Waals surface area contributed by atoms with Crippen LogP contribution < -0.4 is 0 Å². The second kappa shape index (κ2) is 10.9. The summed E-state index contributed by atoms with van der Waals surface area (Å²) < 4.78 is 0. The Labute approximate surface area is 170 Å². The van der Waals surface area contributed by atoms with Gasteiger partial charge < -0.3 is 0 Å². The molecule has 0 radical (unpaired) electrons. The minimum absolute atomic E-state index is 0.791. The second-order valence-electron chi connectivity index (χ2n) is 8.27. The van der Waals surface area contributed by atoms with Gasteiger partial charge in [-0.2, -0.15) is 0 Å². The van der Waals surface area contributed by atoms with Gasteiger partial charge >= 0.3 is 0 Å². The third-order valence-electron chi connectivity index (χ3n) is 6.10. The van der Waals surface area contributed by atoms with E-state index >= 15 is 0 Å². The van der Waals surface area contributed by atoms with Gasteiger partial charge in [0.05, 0.1) is 0 Å². The molecule has 1 aromatic heterocycles. The maximum absolute atomic E-state index is 2.37. The summed E-state index contributed by atoms with van der Waals surface area (Å²) in [5, 5.41) is 0. The first-order valence-electron chi connectivity index (χ1n) is 11.1. The maximum atomic E-state index is 2.37. The molecule has 0 unspecified atom stereocenters. The van der Waals surface area contributed by atoms with Crippen LogP contribution in [0.2, 0.25) is 0 Å². The molecule has 0 spiro atoms. The molecule has 1 saturated carbocycles. The van der Waals surface area contributed by atoms with Crippen LogP contribution in [0.25, 0.3) is 12.2 Å². The molecule has 0 aliphatic heterocycles. The summed E-state index contributed by atoms with van der Waals surface area (Å²) in [4.78, 5) is 2.90. The average molecular weight is 381 g/mol. The van der Waals surface area contributed by atoms with Crippen molar-refractivity contribution >= 4 is 23.5 Å². The molecule has 0 amide bonds. The predicted molar refractivity (Wildman–Crippen MR) is 123 cm³/mol. The van der Waals surface area contributed by atoms with Gasteiger partial charge in [0.1, 0.15) is 0 Å². The van der Waals surface area contributed by atoms with Crippen molar-refractivity contribution < 1.29 is 0 Å². The van der Waals surface area contributed by atoms with Gasteiger partial charge in [0.15, 0.2) is 0 Å². The smallest absolute Gasteiger partial charge is 0.0273 e. The molecular weight excluding hydrogens is 344 g/mol. The molecule has 0 saturated heterocycles. The van der Waals surface area contributed by atoms with Crippen molar-refractivity contribution in [2.24, 2.45) is 5.92 Å². The Morgan fingerprint density at radius 2 is 1.63 bits per heavy atom. The first-order chi connectivity index (χ1) is 13.3. The van der Waals surface area contributed by atoms with Gasteiger partial charge in [0, 0.05) is 9.75 Å². The largest absolute Gasteiger partial charge is 0.141 e. The summed E-state index contributed by atoms with van der Waals surface area (Å²) >= 11 is 1.95. The zero-order valence-electron chi connectivity index (χ0n) is 17.3. The molecule has 1 aromatic carbocycles. The first-order valence-corrected chi connectivity index (χ1v) is 12.0. The quantitative estimate of drug-likeness (QED) is 0.381. The van der Waals surface area contributed by atoms with Crippen molar-refractivity contribution in [3.63, 3.8) is 0 Å². The van der Waals surface area contributed by atoms with Gasteiger partial charge in [-0.15, -0.1) is 11.3 Å². The monoisotopic (exact) mass is 380 g/mol. The van der Waals surface area contributed by atoms with E-state index in [4.69, 9.17) is 0 Å². The molecule has 1 aliphatic rings. The van der Waals surface area contributed by atoms with Crippen molar-refractivity contribution in [2.75, 3.05) is 0 Å². The molecule has 2 aromatic rings. The van der Waals surface area contributed by atoms with Crippen molar-refractivity contribution in [1.82, 2.24) is 0 Å². The van der Waals surface area contributed by atoms with E-state index in [-0.39, 0.29) is 0 Å². The van der Waals surface area contributed by atoms with E-state index in [9.17, 15) is 0 Å². The lowest BCUT2D eigenvalue weighted by atomic mass is 9.77. The van der Waals surface area contributed by atoms with Gasteiger partial charge in [-0.1, -0.05) is 69.9 Å². The molecule has 0 atom stereocenters. The first kappa shape index (κ1) is 20.4. The third kappa shape index (κ3) is 6.35. The van der Waals surface area contributed by atoms with Gasteiger partial charge in [-0.25, -0.2) is 0 Å². The standard InChI is InChI=1S/C26H36S/c1-3-5-6-8-25-19-20-26(27-25)18-13-22-11-16-24(17-12-22)23-14-9-21(7-4-2)10-15-23/h11-13,16-21,23H,3-10,14-15H2,1-2H3/b18-13+. The molecule has 0 N–H and O–H groups in total. The summed E-state index contributed by atoms with van der Waals surface area (Å²) in [7, 11) is 0. The van der Waals surface area contributed by atoms with E-state index in [1.165, 1.54) is 79.5 Å². The highest BCUT2D eigenvalue weighted by Gasteiger charge is 2.21. The fraction of sp³-hybridized carbons (Fsp3) is 0.538. The summed E-state index contributed by atoms with van der Waals surface area (Å²) in [6.45, 7) is 4.59. The molecule has 1 heterocycles. The molecule has 3 rings (SSSR count). The number of unbranched alkanes of at least 4 members (excludes halogenated alkanes) is 2. The van der Waals surface area contributed by atoms with E-state index < -0.39 is 0 Å². The SMILES string of the molecule is CCCCCc1ccc(/C=C/c2ccc(C3CCC(CCC)CC3)cc2)s1. The Morgan fingerprint density at radius 3 is 2.33 bits per heavy atom. The topological polar surface area (TPSA) is 0 Å². The van der Waals surface area contributed by atoms with Crippen LogP contribution in [0.1, 0.15) is 98.4 Å². The Bertz CT molecular complexity index is 683. The Balaban J connectivity index is 1.51. The lowest BCUT2D eigenvalue weighted by molar-refractivity contribution is 0.308. The molecule has 0 bridgehead atoms. The van der Waals surface area contributed by atoms with Crippen LogP contribution in [-0.2, 0) is 6.42 Å². The minimum atomic E-state index is 0.791. The zero-order chi connectivity index (χ0) is 18.9. The number of rotatable bonds is 9.